The van der Waals surface area contributed by atoms with Crippen LogP contribution >= 0.6 is 0 Å². The van der Waals surface area contributed by atoms with E-state index in [1.54, 1.807) is 0 Å². The van der Waals surface area contributed by atoms with Crippen molar-refractivity contribution in [3.8, 4) is 11.8 Å². The summed E-state index contributed by atoms with van der Waals surface area (Å²) in [4.78, 5) is 0. The maximum Gasteiger partial charge on any atom is 0.0314 e. The molecule has 71 valence electrons. The average molecular weight is 192 g/mol. The second-order valence-electron chi connectivity index (χ2n) is 3.16. The van der Waals surface area contributed by atoms with Crippen LogP contribution in [-0.2, 0) is 0 Å². The third kappa shape index (κ3) is 2.62. The van der Waals surface area contributed by atoms with Crippen LogP contribution < -0.4 is 5.73 Å². The Morgan fingerprint density at radius 2 is 1.67 bits per heavy atom. The molecule has 0 aliphatic heterocycles. The molecule has 2 aromatic carbocycles. The predicted octanol–water partition coefficient (Wildman–Crippen LogP) is 2.47. The number of nitrogens with two attached hydrogens (primary N) is 1. The third-order valence-corrected chi connectivity index (χ3v) is 1.97. The molecule has 0 aromatic heterocycles. The Morgan fingerprint density at radius 3 is 2.33 bits per heavy atom. The van der Waals surface area contributed by atoms with Gasteiger partial charge in [-0.1, -0.05) is 24.0 Å². The summed E-state index contributed by atoms with van der Waals surface area (Å²) in [6, 6.07) is 18.1. The molecule has 1 heteroatoms. The van der Waals surface area contributed by atoms with Crippen LogP contribution in [0.4, 0.5) is 5.69 Å². The van der Waals surface area contributed by atoms with E-state index in [9.17, 15) is 0 Å². The Kier molecular flexibility index (Phi) is 2.71. The fourth-order valence-corrected chi connectivity index (χ4v) is 1.18. The van der Waals surface area contributed by atoms with Gasteiger partial charge in [-0.2, -0.15) is 0 Å². The normalized spacial score (nSPS) is 9.07. The first-order chi connectivity index (χ1) is 7.34. The zero-order valence-corrected chi connectivity index (χ0v) is 8.20. The fourth-order valence-electron chi connectivity index (χ4n) is 1.18. The Bertz CT molecular complexity index is 486. The van der Waals surface area contributed by atoms with Crippen molar-refractivity contribution in [1.29, 1.82) is 0 Å². The van der Waals surface area contributed by atoms with Crippen molar-refractivity contribution in [1.82, 2.24) is 0 Å². The highest BCUT2D eigenvalue weighted by Gasteiger charge is 1.86. The van der Waals surface area contributed by atoms with Gasteiger partial charge < -0.3 is 5.73 Å². The lowest BCUT2D eigenvalue weighted by atomic mass is 10.2. The van der Waals surface area contributed by atoms with Crippen molar-refractivity contribution < 1.29 is 0 Å². The molecule has 15 heavy (non-hydrogen) atoms. The SMILES string of the molecule is Nc1ccc(C#Cc2c[c]ccc2)cc1. The molecule has 0 aliphatic carbocycles. The van der Waals surface area contributed by atoms with Gasteiger partial charge in [0.05, 0.1) is 0 Å². The molecule has 0 saturated heterocycles. The number of benzene rings is 2. The lowest BCUT2D eigenvalue weighted by Crippen LogP contribution is -1.83. The highest BCUT2D eigenvalue weighted by atomic mass is 14.5. The van der Waals surface area contributed by atoms with Gasteiger partial charge in [0.15, 0.2) is 0 Å². The van der Waals surface area contributed by atoms with Gasteiger partial charge in [-0.05, 0) is 42.5 Å². The summed E-state index contributed by atoms with van der Waals surface area (Å²) in [5.74, 6) is 6.12. The van der Waals surface area contributed by atoms with Crippen molar-refractivity contribution in [2.24, 2.45) is 0 Å². The number of hydrogen-bond donors (Lipinski definition) is 1. The third-order valence-electron chi connectivity index (χ3n) is 1.97. The molecule has 2 N–H and O–H groups in total. The topological polar surface area (TPSA) is 26.0 Å². The largest absolute Gasteiger partial charge is 0.399 e. The maximum atomic E-state index is 5.58. The lowest BCUT2D eigenvalue weighted by Gasteiger charge is -1.91. The molecule has 0 atom stereocenters. The van der Waals surface area contributed by atoms with E-state index in [4.69, 9.17) is 5.73 Å². The van der Waals surface area contributed by atoms with Crippen molar-refractivity contribution >= 4 is 5.69 Å². The van der Waals surface area contributed by atoms with E-state index in [2.05, 4.69) is 17.9 Å². The first-order valence-electron chi connectivity index (χ1n) is 4.68. The van der Waals surface area contributed by atoms with E-state index in [1.807, 2.05) is 48.5 Å². The number of hydrogen-bond acceptors (Lipinski definition) is 1. The molecule has 0 spiro atoms. The molecule has 0 heterocycles. The molecule has 0 fully saturated rings. The second kappa shape index (κ2) is 4.34. The molecule has 0 amide bonds. The van der Waals surface area contributed by atoms with Crippen LogP contribution in [0.3, 0.4) is 0 Å². The quantitative estimate of drug-likeness (QED) is 0.503. The summed E-state index contributed by atoms with van der Waals surface area (Å²) in [5.41, 5.74) is 8.27. The minimum absolute atomic E-state index is 0.758. The molecule has 0 aliphatic rings. The number of anilines is 1. The number of nitrogen functional groups attached to an aromatic ring is 1. The lowest BCUT2D eigenvalue weighted by molar-refractivity contribution is 1.61. The Morgan fingerprint density at radius 1 is 0.933 bits per heavy atom. The Balaban J connectivity index is 2.22. The van der Waals surface area contributed by atoms with Gasteiger partial charge in [0.1, 0.15) is 0 Å². The summed E-state index contributed by atoms with van der Waals surface area (Å²) >= 11 is 0. The second-order valence-corrected chi connectivity index (χ2v) is 3.16. The molecule has 0 saturated carbocycles. The first kappa shape index (κ1) is 9.36. The molecule has 0 bridgehead atoms. The standard InChI is InChI=1S/C14H10N/c15-14-10-8-13(9-11-14)7-6-12-4-2-1-3-5-12/h1-2,4-5,8-11H,15H2. The van der Waals surface area contributed by atoms with Crippen LogP contribution in [0.1, 0.15) is 11.1 Å². The molecule has 2 aromatic rings. The van der Waals surface area contributed by atoms with Gasteiger partial charge in [-0.3, -0.25) is 0 Å². The van der Waals surface area contributed by atoms with E-state index in [-0.39, 0.29) is 0 Å². The van der Waals surface area contributed by atoms with Crippen molar-refractivity contribution in [3.05, 3.63) is 65.7 Å². The van der Waals surface area contributed by atoms with Crippen LogP contribution in [0.2, 0.25) is 0 Å². The Labute approximate surface area is 89.6 Å². The van der Waals surface area contributed by atoms with Gasteiger partial charge in [0.25, 0.3) is 0 Å². The monoisotopic (exact) mass is 192 g/mol. The number of rotatable bonds is 0. The van der Waals surface area contributed by atoms with Gasteiger partial charge in [0, 0.05) is 16.8 Å². The first-order valence-corrected chi connectivity index (χ1v) is 4.68. The zero-order valence-electron chi connectivity index (χ0n) is 8.20. The summed E-state index contributed by atoms with van der Waals surface area (Å²) in [5, 5.41) is 0. The molecule has 2 rings (SSSR count). The van der Waals surface area contributed by atoms with E-state index >= 15 is 0 Å². The van der Waals surface area contributed by atoms with Gasteiger partial charge in [-0.15, -0.1) is 0 Å². The fraction of sp³-hybridized carbons (Fsp3) is 0. The Hall–Kier alpha value is -2.20. The summed E-state index contributed by atoms with van der Waals surface area (Å²) < 4.78 is 0. The summed E-state index contributed by atoms with van der Waals surface area (Å²) in [6.45, 7) is 0. The highest BCUT2D eigenvalue weighted by Crippen LogP contribution is 2.04. The van der Waals surface area contributed by atoms with Gasteiger partial charge >= 0.3 is 0 Å². The molecule has 1 nitrogen and oxygen atoms in total. The van der Waals surface area contributed by atoms with Crippen LogP contribution in [-0.4, -0.2) is 0 Å². The van der Waals surface area contributed by atoms with Crippen molar-refractivity contribution in [3.63, 3.8) is 0 Å². The van der Waals surface area contributed by atoms with E-state index in [1.165, 1.54) is 0 Å². The van der Waals surface area contributed by atoms with E-state index in [0.717, 1.165) is 16.8 Å². The van der Waals surface area contributed by atoms with E-state index in [0.29, 0.717) is 0 Å². The minimum Gasteiger partial charge on any atom is -0.399 e. The smallest absolute Gasteiger partial charge is 0.0314 e. The van der Waals surface area contributed by atoms with E-state index < -0.39 is 0 Å². The summed E-state index contributed by atoms with van der Waals surface area (Å²) in [6.07, 6.45) is 0. The van der Waals surface area contributed by atoms with Crippen LogP contribution in [0.25, 0.3) is 0 Å². The zero-order chi connectivity index (χ0) is 10.5. The van der Waals surface area contributed by atoms with Crippen molar-refractivity contribution in [2.75, 3.05) is 5.73 Å². The molecular weight excluding hydrogens is 182 g/mol. The maximum absolute atomic E-state index is 5.58. The predicted molar refractivity (Wildman–Crippen MR) is 62.1 cm³/mol. The molecule has 0 unspecified atom stereocenters. The van der Waals surface area contributed by atoms with Crippen LogP contribution in [0.5, 0.6) is 0 Å². The van der Waals surface area contributed by atoms with Gasteiger partial charge in [-0.25, -0.2) is 0 Å². The minimum atomic E-state index is 0.758. The highest BCUT2D eigenvalue weighted by molar-refractivity contribution is 5.47. The molecular formula is C14H10N. The van der Waals surface area contributed by atoms with Gasteiger partial charge in [0.2, 0.25) is 0 Å². The molecule has 1 radical (unpaired) electrons. The van der Waals surface area contributed by atoms with Crippen LogP contribution in [0, 0.1) is 17.9 Å². The van der Waals surface area contributed by atoms with Crippen molar-refractivity contribution in [2.45, 2.75) is 0 Å². The average Bonchev–Trinajstić information content (AvgIpc) is 2.30. The van der Waals surface area contributed by atoms with Crippen LogP contribution in [0.15, 0.2) is 48.5 Å². The summed E-state index contributed by atoms with van der Waals surface area (Å²) in [7, 11) is 0.